The predicted octanol–water partition coefficient (Wildman–Crippen LogP) is 4.13. The Kier molecular flexibility index (Phi) is 4.17. The highest BCUT2D eigenvalue weighted by molar-refractivity contribution is 5.00. The molecule has 0 saturated heterocycles. The van der Waals surface area contributed by atoms with Crippen molar-refractivity contribution in [2.45, 2.75) is 65.1 Å². The molecule has 1 aliphatic rings. The van der Waals surface area contributed by atoms with E-state index in [1.54, 1.807) is 0 Å². The fraction of sp³-hybridized carbons (Fsp3) is 1.00. The van der Waals surface area contributed by atoms with E-state index in [0.29, 0.717) is 12.3 Å². The first-order valence-corrected chi connectivity index (χ1v) is 6.34. The molecular formula is C13H24F3N. The minimum absolute atomic E-state index is 0.0927. The lowest BCUT2D eigenvalue weighted by atomic mass is 9.98. The lowest BCUT2D eigenvalue weighted by Gasteiger charge is -2.21. The molecule has 0 aliphatic heterocycles. The van der Waals surface area contributed by atoms with Crippen LogP contribution >= 0.6 is 0 Å². The van der Waals surface area contributed by atoms with E-state index in [0.717, 1.165) is 13.0 Å². The summed E-state index contributed by atoms with van der Waals surface area (Å²) in [5, 5.41) is 3.42. The normalized spacial score (nSPS) is 29.5. The Labute approximate surface area is 102 Å². The molecule has 1 fully saturated rings. The Morgan fingerprint density at radius 1 is 1.24 bits per heavy atom. The fourth-order valence-electron chi connectivity index (χ4n) is 2.25. The third-order valence-corrected chi connectivity index (χ3v) is 3.63. The van der Waals surface area contributed by atoms with E-state index >= 15 is 0 Å². The zero-order valence-electron chi connectivity index (χ0n) is 11.2. The maximum Gasteiger partial charge on any atom is 0.389 e. The van der Waals surface area contributed by atoms with Crippen molar-refractivity contribution in [1.29, 1.82) is 0 Å². The van der Waals surface area contributed by atoms with Crippen molar-refractivity contribution in [1.82, 2.24) is 5.32 Å². The van der Waals surface area contributed by atoms with Crippen LogP contribution < -0.4 is 5.32 Å². The van der Waals surface area contributed by atoms with Crippen molar-refractivity contribution >= 4 is 0 Å². The molecule has 102 valence electrons. The van der Waals surface area contributed by atoms with Crippen molar-refractivity contribution in [3.8, 4) is 0 Å². The van der Waals surface area contributed by atoms with Crippen LogP contribution in [0.15, 0.2) is 0 Å². The molecule has 2 unspecified atom stereocenters. The first-order valence-electron chi connectivity index (χ1n) is 6.34. The third kappa shape index (κ3) is 5.75. The van der Waals surface area contributed by atoms with Gasteiger partial charge < -0.3 is 5.32 Å². The molecule has 1 rings (SSSR count). The Hall–Kier alpha value is -0.250. The zero-order chi connectivity index (χ0) is 13.3. The Balaban J connectivity index is 2.19. The van der Waals surface area contributed by atoms with Gasteiger partial charge in [-0.25, -0.2) is 0 Å². The van der Waals surface area contributed by atoms with Crippen LogP contribution in [0.25, 0.3) is 0 Å². The average Bonchev–Trinajstić information content (AvgIpc) is 2.70. The standard InChI is InChI=1S/C13H24F3N/c1-11(2,3)17-9-10-8-12(10,4)6-5-7-13(14,15)16/h10,17H,5-9H2,1-4H3. The van der Waals surface area contributed by atoms with E-state index in [1.165, 1.54) is 0 Å². The summed E-state index contributed by atoms with van der Waals surface area (Å²) in [6.07, 6.45) is -2.60. The highest BCUT2D eigenvalue weighted by Gasteiger charge is 2.49. The molecule has 4 heteroatoms. The van der Waals surface area contributed by atoms with Crippen LogP contribution in [0, 0.1) is 11.3 Å². The van der Waals surface area contributed by atoms with E-state index in [-0.39, 0.29) is 17.4 Å². The van der Waals surface area contributed by atoms with Gasteiger partial charge in [0, 0.05) is 12.0 Å². The van der Waals surface area contributed by atoms with Crippen LogP contribution in [0.3, 0.4) is 0 Å². The van der Waals surface area contributed by atoms with E-state index in [1.807, 2.05) is 0 Å². The summed E-state index contributed by atoms with van der Waals surface area (Å²) in [6.45, 7) is 9.35. The minimum Gasteiger partial charge on any atom is -0.312 e. The molecule has 17 heavy (non-hydrogen) atoms. The molecule has 0 bridgehead atoms. The van der Waals surface area contributed by atoms with Gasteiger partial charge in [-0.2, -0.15) is 13.2 Å². The minimum atomic E-state index is -4.00. The van der Waals surface area contributed by atoms with Crippen LogP contribution in [0.5, 0.6) is 0 Å². The molecule has 0 aromatic carbocycles. The summed E-state index contributed by atoms with van der Waals surface area (Å²) < 4.78 is 36.1. The van der Waals surface area contributed by atoms with Crippen LogP contribution in [0.4, 0.5) is 13.2 Å². The molecule has 1 nitrogen and oxygen atoms in total. The van der Waals surface area contributed by atoms with E-state index in [4.69, 9.17) is 0 Å². The number of nitrogens with one attached hydrogen (secondary N) is 1. The molecule has 0 aromatic rings. The molecule has 0 heterocycles. The predicted molar refractivity (Wildman–Crippen MR) is 63.9 cm³/mol. The van der Waals surface area contributed by atoms with E-state index < -0.39 is 12.6 Å². The second-order valence-corrected chi connectivity index (χ2v) is 6.65. The second kappa shape index (κ2) is 4.79. The molecule has 2 atom stereocenters. The average molecular weight is 251 g/mol. The van der Waals surface area contributed by atoms with Gasteiger partial charge in [0.2, 0.25) is 0 Å². The van der Waals surface area contributed by atoms with Gasteiger partial charge in [-0.1, -0.05) is 6.92 Å². The highest BCUT2D eigenvalue weighted by atomic mass is 19.4. The molecule has 0 radical (unpaired) electrons. The molecule has 0 spiro atoms. The van der Waals surface area contributed by atoms with Crippen molar-refractivity contribution in [2.24, 2.45) is 11.3 Å². The number of hydrogen-bond acceptors (Lipinski definition) is 1. The van der Waals surface area contributed by atoms with Gasteiger partial charge in [0.05, 0.1) is 0 Å². The molecule has 0 aromatic heterocycles. The van der Waals surface area contributed by atoms with Crippen molar-refractivity contribution in [2.75, 3.05) is 6.54 Å². The molecule has 0 amide bonds. The Morgan fingerprint density at radius 2 is 1.82 bits per heavy atom. The summed E-state index contributed by atoms with van der Waals surface area (Å²) >= 11 is 0. The van der Waals surface area contributed by atoms with Gasteiger partial charge in [-0.3, -0.25) is 0 Å². The van der Waals surface area contributed by atoms with Crippen LogP contribution in [-0.2, 0) is 0 Å². The van der Waals surface area contributed by atoms with Gasteiger partial charge in [0.25, 0.3) is 0 Å². The lowest BCUT2D eigenvalue weighted by Crippen LogP contribution is -2.37. The van der Waals surface area contributed by atoms with Gasteiger partial charge >= 0.3 is 6.18 Å². The lowest BCUT2D eigenvalue weighted by molar-refractivity contribution is -0.136. The topological polar surface area (TPSA) is 12.0 Å². The summed E-state index contributed by atoms with van der Waals surface area (Å²) in [5.41, 5.74) is 0.235. The van der Waals surface area contributed by atoms with Crippen LogP contribution in [-0.4, -0.2) is 18.3 Å². The van der Waals surface area contributed by atoms with Crippen molar-refractivity contribution in [3.05, 3.63) is 0 Å². The summed E-state index contributed by atoms with van der Waals surface area (Å²) in [4.78, 5) is 0. The summed E-state index contributed by atoms with van der Waals surface area (Å²) in [7, 11) is 0. The number of alkyl halides is 3. The van der Waals surface area contributed by atoms with E-state index in [2.05, 4.69) is 33.0 Å². The quantitative estimate of drug-likeness (QED) is 0.774. The SMILES string of the molecule is CC(C)(C)NCC1CC1(C)CCCC(F)(F)F. The molecular weight excluding hydrogens is 227 g/mol. The second-order valence-electron chi connectivity index (χ2n) is 6.65. The fourth-order valence-corrected chi connectivity index (χ4v) is 2.25. The third-order valence-electron chi connectivity index (χ3n) is 3.63. The van der Waals surface area contributed by atoms with Gasteiger partial charge in [-0.15, -0.1) is 0 Å². The maximum atomic E-state index is 12.0. The highest BCUT2D eigenvalue weighted by Crippen LogP contribution is 2.55. The number of halogens is 3. The number of rotatable bonds is 5. The van der Waals surface area contributed by atoms with Crippen LogP contribution in [0.2, 0.25) is 0 Å². The molecule has 1 aliphatic carbocycles. The Bertz CT molecular complexity index is 254. The summed E-state index contributed by atoms with van der Waals surface area (Å²) in [5.74, 6) is 0.551. The number of hydrogen-bond donors (Lipinski definition) is 1. The summed E-state index contributed by atoms with van der Waals surface area (Å²) in [6, 6.07) is 0. The van der Waals surface area contributed by atoms with E-state index in [9.17, 15) is 13.2 Å². The zero-order valence-corrected chi connectivity index (χ0v) is 11.2. The van der Waals surface area contributed by atoms with Crippen molar-refractivity contribution < 1.29 is 13.2 Å². The van der Waals surface area contributed by atoms with Gasteiger partial charge in [0.15, 0.2) is 0 Å². The van der Waals surface area contributed by atoms with Crippen molar-refractivity contribution in [3.63, 3.8) is 0 Å². The van der Waals surface area contributed by atoms with Gasteiger partial charge in [0.1, 0.15) is 0 Å². The largest absolute Gasteiger partial charge is 0.389 e. The molecule has 1 N–H and O–H groups in total. The monoisotopic (exact) mass is 251 g/mol. The van der Waals surface area contributed by atoms with Gasteiger partial charge in [-0.05, 0) is 57.9 Å². The van der Waals surface area contributed by atoms with Crippen LogP contribution in [0.1, 0.15) is 53.4 Å². The first-order chi connectivity index (χ1) is 7.52. The maximum absolute atomic E-state index is 12.0. The Morgan fingerprint density at radius 3 is 2.29 bits per heavy atom. The smallest absolute Gasteiger partial charge is 0.312 e. The molecule has 1 saturated carbocycles. The first kappa shape index (κ1) is 14.8.